The van der Waals surface area contributed by atoms with Crippen LogP contribution in [0.2, 0.25) is 0 Å². The summed E-state index contributed by atoms with van der Waals surface area (Å²) in [4.78, 5) is 29.0. The van der Waals surface area contributed by atoms with Crippen LogP contribution in [0.25, 0.3) is 20.9 Å². The quantitative estimate of drug-likeness (QED) is 0.717. The number of hydrogen-bond donors (Lipinski definition) is 2. The molecule has 0 amide bonds. The molecule has 0 saturated heterocycles. The molecule has 0 spiro atoms. The van der Waals surface area contributed by atoms with Gasteiger partial charge in [0.05, 0.1) is 10.4 Å². The molecule has 0 saturated carbocycles. The minimum absolute atomic E-state index is 0.151. The molecular weight excluding hydrogens is 360 g/mol. The summed E-state index contributed by atoms with van der Waals surface area (Å²) < 4.78 is 1.43. The molecule has 0 aliphatic heterocycles. The highest BCUT2D eigenvalue weighted by molar-refractivity contribution is 7.23. The van der Waals surface area contributed by atoms with Crippen LogP contribution in [0.3, 0.4) is 0 Å². The lowest BCUT2D eigenvalue weighted by Crippen LogP contribution is -2.17. The zero-order valence-electron chi connectivity index (χ0n) is 12.5. The number of ketones is 1. The number of aliphatic hydroxyl groups is 1. The SMILES string of the molecule is Nc1c(C=C2C=CC(=O)C(O)=C2)c(=O)nc2sc(-c3cccs3)nn12. The molecule has 0 aromatic carbocycles. The molecule has 124 valence electrons. The summed E-state index contributed by atoms with van der Waals surface area (Å²) in [6, 6.07) is 3.84. The van der Waals surface area contributed by atoms with Crippen LogP contribution in [-0.2, 0) is 4.79 Å². The number of allylic oxidation sites excluding steroid dienone is 4. The molecule has 3 N–H and O–H groups in total. The van der Waals surface area contributed by atoms with Crippen molar-refractivity contribution in [2.45, 2.75) is 0 Å². The van der Waals surface area contributed by atoms with E-state index in [2.05, 4.69) is 10.1 Å². The molecule has 7 nitrogen and oxygen atoms in total. The van der Waals surface area contributed by atoms with E-state index in [4.69, 9.17) is 5.73 Å². The van der Waals surface area contributed by atoms with Crippen molar-refractivity contribution in [3.63, 3.8) is 0 Å². The first-order valence-electron chi connectivity index (χ1n) is 7.11. The van der Waals surface area contributed by atoms with Gasteiger partial charge in [-0.25, -0.2) is 0 Å². The molecule has 0 unspecified atom stereocenters. The van der Waals surface area contributed by atoms with E-state index in [1.807, 2.05) is 17.5 Å². The van der Waals surface area contributed by atoms with Crippen molar-refractivity contribution >= 4 is 45.3 Å². The van der Waals surface area contributed by atoms with Gasteiger partial charge in [0.2, 0.25) is 10.7 Å². The van der Waals surface area contributed by atoms with Crippen LogP contribution < -0.4 is 11.3 Å². The van der Waals surface area contributed by atoms with Gasteiger partial charge in [0.15, 0.2) is 10.8 Å². The van der Waals surface area contributed by atoms with Crippen molar-refractivity contribution < 1.29 is 9.90 Å². The van der Waals surface area contributed by atoms with Crippen LogP contribution in [0.4, 0.5) is 5.82 Å². The summed E-state index contributed by atoms with van der Waals surface area (Å²) in [6.45, 7) is 0. The second-order valence-electron chi connectivity index (χ2n) is 5.17. The third-order valence-electron chi connectivity index (χ3n) is 3.52. The summed E-state index contributed by atoms with van der Waals surface area (Å²) in [5, 5.41) is 16.6. The second-order valence-corrected chi connectivity index (χ2v) is 7.07. The zero-order chi connectivity index (χ0) is 17.6. The second kappa shape index (κ2) is 5.80. The number of anilines is 1. The van der Waals surface area contributed by atoms with Gasteiger partial charge in [-0.05, 0) is 35.2 Å². The average molecular weight is 370 g/mol. The molecule has 3 aromatic rings. The summed E-state index contributed by atoms with van der Waals surface area (Å²) in [7, 11) is 0. The molecule has 0 bridgehead atoms. The molecule has 0 fully saturated rings. The largest absolute Gasteiger partial charge is 0.504 e. The van der Waals surface area contributed by atoms with Crippen LogP contribution in [0.15, 0.2) is 51.9 Å². The lowest BCUT2D eigenvalue weighted by Gasteiger charge is -2.05. The minimum Gasteiger partial charge on any atom is -0.504 e. The molecule has 4 rings (SSSR count). The first kappa shape index (κ1) is 15.5. The molecule has 3 heterocycles. The average Bonchev–Trinajstić information content (AvgIpc) is 3.23. The standard InChI is InChI=1S/C16H10N4O3S2/c17-13-9(6-8-3-4-10(21)11(22)7-8)14(23)18-16-20(13)19-15(25-16)12-2-1-5-24-12/h1-7,22H,17H2. The van der Waals surface area contributed by atoms with Gasteiger partial charge in [-0.2, -0.15) is 14.6 Å². The molecule has 0 atom stereocenters. The summed E-state index contributed by atoms with van der Waals surface area (Å²) in [5.41, 5.74) is 6.24. The van der Waals surface area contributed by atoms with Gasteiger partial charge < -0.3 is 10.8 Å². The molecule has 25 heavy (non-hydrogen) atoms. The third-order valence-corrected chi connectivity index (χ3v) is 5.47. The number of hydrogen-bond acceptors (Lipinski definition) is 8. The van der Waals surface area contributed by atoms with Gasteiger partial charge in [0.1, 0.15) is 5.82 Å². The number of aliphatic hydroxyl groups excluding tert-OH is 1. The minimum atomic E-state index is -0.496. The van der Waals surface area contributed by atoms with Crippen molar-refractivity contribution in [1.29, 1.82) is 0 Å². The van der Waals surface area contributed by atoms with E-state index in [1.165, 1.54) is 51.5 Å². The number of rotatable bonds is 2. The predicted octanol–water partition coefficient (Wildman–Crippen LogP) is 2.43. The Morgan fingerprint density at radius 3 is 2.84 bits per heavy atom. The number of nitrogens with two attached hydrogens (primary N) is 1. The van der Waals surface area contributed by atoms with Gasteiger partial charge in [0.25, 0.3) is 5.56 Å². The van der Waals surface area contributed by atoms with Gasteiger partial charge in [0, 0.05) is 0 Å². The number of fused-ring (bicyclic) bond motifs is 1. The Bertz CT molecular complexity index is 1150. The van der Waals surface area contributed by atoms with E-state index in [1.54, 1.807) is 0 Å². The van der Waals surface area contributed by atoms with Crippen molar-refractivity contribution in [1.82, 2.24) is 14.6 Å². The first-order chi connectivity index (χ1) is 12.0. The maximum Gasteiger partial charge on any atom is 0.283 e. The Hall–Kier alpha value is -3.04. The highest BCUT2D eigenvalue weighted by atomic mass is 32.1. The maximum atomic E-state index is 12.3. The van der Waals surface area contributed by atoms with E-state index in [0.717, 1.165) is 9.88 Å². The van der Waals surface area contributed by atoms with Gasteiger partial charge in [-0.1, -0.05) is 23.5 Å². The normalized spacial score (nSPS) is 15.9. The monoisotopic (exact) mass is 370 g/mol. The van der Waals surface area contributed by atoms with Crippen LogP contribution in [0.1, 0.15) is 5.56 Å². The smallest absolute Gasteiger partial charge is 0.283 e. The highest BCUT2D eigenvalue weighted by Crippen LogP contribution is 2.29. The number of thiophene rings is 1. The first-order valence-corrected chi connectivity index (χ1v) is 8.80. The highest BCUT2D eigenvalue weighted by Gasteiger charge is 2.16. The third kappa shape index (κ3) is 2.69. The van der Waals surface area contributed by atoms with Gasteiger partial charge >= 0.3 is 0 Å². The van der Waals surface area contributed by atoms with Gasteiger partial charge in [-0.3, -0.25) is 9.59 Å². The fraction of sp³-hybridized carbons (Fsp3) is 0. The Labute approximate surface area is 148 Å². The summed E-state index contributed by atoms with van der Waals surface area (Å²) in [5.74, 6) is -0.731. The molecule has 9 heteroatoms. The van der Waals surface area contributed by atoms with Crippen molar-refractivity contribution in [3.05, 3.63) is 63.0 Å². The molecule has 3 aromatic heterocycles. The topological polar surface area (TPSA) is 111 Å². The number of aromatic nitrogens is 3. The number of nitrogen functional groups attached to an aromatic ring is 1. The summed E-state index contributed by atoms with van der Waals surface area (Å²) in [6.07, 6.45) is 5.46. The van der Waals surface area contributed by atoms with Crippen molar-refractivity contribution in [2.24, 2.45) is 0 Å². The molecule has 1 aliphatic carbocycles. The summed E-state index contributed by atoms with van der Waals surface area (Å²) >= 11 is 2.81. The molecule has 0 radical (unpaired) electrons. The van der Waals surface area contributed by atoms with E-state index in [0.29, 0.717) is 10.5 Å². The number of nitrogens with zero attached hydrogens (tertiary/aromatic N) is 3. The number of carbonyl (C=O) groups is 1. The van der Waals surface area contributed by atoms with Gasteiger partial charge in [-0.15, -0.1) is 11.3 Å². The lowest BCUT2D eigenvalue weighted by atomic mass is 10.1. The maximum absolute atomic E-state index is 12.3. The number of carbonyl (C=O) groups excluding carboxylic acids is 1. The zero-order valence-corrected chi connectivity index (χ0v) is 14.2. The van der Waals surface area contributed by atoms with E-state index in [9.17, 15) is 14.7 Å². The predicted molar refractivity (Wildman–Crippen MR) is 97.7 cm³/mol. The molecular formula is C16H10N4O3S2. The Kier molecular flexibility index (Phi) is 3.59. The van der Waals surface area contributed by atoms with Crippen molar-refractivity contribution in [2.75, 3.05) is 5.73 Å². The van der Waals surface area contributed by atoms with Crippen LogP contribution in [0.5, 0.6) is 0 Å². The lowest BCUT2D eigenvalue weighted by molar-refractivity contribution is -0.113. The molecule has 1 aliphatic rings. The van der Waals surface area contributed by atoms with Crippen LogP contribution >= 0.6 is 22.7 Å². The van der Waals surface area contributed by atoms with Crippen LogP contribution in [-0.4, -0.2) is 25.5 Å². The van der Waals surface area contributed by atoms with Crippen LogP contribution in [0, 0.1) is 0 Å². The fourth-order valence-corrected chi connectivity index (χ4v) is 4.00. The van der Waals surface area contributed by atoms with E-state index < -0.39 is 17.1 Å². The van der Waals surface area contributed by atoms with E-state index >= 15 is 0 Å². The van der Waals surface area contributed by atoms with E-state index in [-0.39, 0.29) is 11.4 Å². The van der Waals surface area contributed by atoms with Crippen molar-refractivity contribution in [3.8, 4) is 9.88 Å². The fourth-order valence-electron chi connectivity index (χ4n) is 2.31. The Morgan fingerprint density at radius 1 is 1.28 bits per heavy atom. The Morgan fingerprint density at radius 2 is 2.12 bits per heavy atom. The Balaban J connectivity index is 1.87.